The number of thiophene rings is 1. The van der Waals surface area contributed by atoms with Crippen molar-refractivity contribution in [2.24, 2.45) is 0 Å². The summed E-state index contributed by atoms with van der Waals surface area (Å²) in [5.74, 6) is 0. The van der Waals surface area contributed by atoms with Gasteiger partial charge in [0.2, 0.25) is 0 Å². The molecule has 23 heavy (non-hydrogen) atoms. The number of pyridine rings is 1. The normalized spacial score (nSPS) is 10.7. The Morgan fingerprint density at radius 1 is 1.30 bits per heavy atom. The van der Waals surface area contributed by atoms with Crippen LogP contribution in [-0.2, 0) is 11.3 Å². The molecule has 0 saturated heterocycles. The Morgan fingerprint density at radius 2 is 2.04 bits per heavy atom. The van der Waals surface area contributed by atoms with Crippen LogP contribution in [0.4, 0.5) is 5.69 Å². The quantitative estimate of drug-likeness (QED) is 0.734. The van der Waals surface area contributed by atoms with Gasteiger partial charge in [-0.1, -0.05) is 13.8 Å². The summed E-state index contributed by atoms with van der Waals surface area (Å²) in [6, 6.07) is 1.94. The highest BCUT2D eigenvalue weighted by Gasteiger charge is 2.16. The monoisotopic (exact) mass is 334 g/mol. The van der Waals surface area contributed by atoms with Gasteiger partial charge in [-0.15, -0.1) is 11.3 Å². The molecule has 0 aliphatic rings. The molecule has 124 valence electrons. The summed E-state index contributed by atoms with van der Waals surface area (Å²) in [7, 11) is 5.56. The van der Waals surface area contributed by atoms with Gasteiger partial charge in [0.25, 0.3) is 5.56 Å². The summed E-state index contributed by atoms with van der Waals surface area (Å²) in [6.07, 6.45) is 3.35. The van der Waals surface area contributed by atoms with Crippen molar-refractivity contribution in [1.82, 2.24) is 14.5 Å². The molecule has 6 nitrogen and oxygen atoms in total. The summed E-state index contributed by atoms with van der Waals surface area (Å²) in [4.78, 5) is 24.2. The van der Waals surface area contributed by atoms with Gasteiger partial charge in [0.15, 0.2) is 0 Å². The molecule has 0 atom stereocenters. The minimum atomic E-state index is -0.0373. The number of methoxy groups -OCH3 is 1. The molecule has 0 N–H and O–H groups in total. The van der Waals surface area contributed by atoms with Crippen LogP contribution in [0.25, 0.3) is 20.4 Å². The largest absolute Gasteiger partial charge is 0.383 e. The van der Waals surface area contributed by atoms with Gasteiger partial charge in [0, 0.05) is 27.4 Å². The highest BCUT2D eigenvalue weighted by Crippen LogP contribution is 2.34. The number of rotatable bonds is 4. The van der Waals surface area contributed by atoms with E-state index >= 15 is 0 Å². The fourth-order valence-corrected chi connectivity index (χ4v) is 3.36. The maximum absolute atomic E-state index is 12.5. The number of hydrogen-bond acceptors (Lipinski definition) is 6. The molecule has 0 aliphatic heterocycles. The van der Waals surface area contributed by atoms with E-state index in [1.807, 2.05) is 38.9 Å². The lowest BCUT2D eigenvalue weighted by Crippen LogP contribution is -2.21. The van der Waals surface area contributed by atoms with E-state index in [-0.39, 0.29) is 5.56 Å². The zero-order valence-corrected chi connectivity index (χ0v) is 15.0. The van der Waals surface area contributed by atoms with E-state index in [9.17, 15) is 4.79 Å². The van der Waals surface area contributed by atoms with Crippen LogP contribution in [0.5, 0.6) is 0 Å². The second-order valence-electron chi connectivity index (χ2n) is 4.92. The maximum Gasteiger partial charge on any atom is 0.271 e. The molecule has 0 aliphatic carbocycles. The molecule has 0 spiro atoms. The van der Waals surface area contributed by atoms with E-state index in [0.29, 0.717) is 17.9 Å². The first-order valence-corrected chi connectivity index (χ1v) is 8.38. The minimum absolute atomic E-state index is 0.0373. The van der Waals surface area contributed by atoms with E-state index in [1.54, 1.807) is 24.2 Å². The second kappa shape index (κ2) is 7.52. The van der Waals surface area contributed by atoms with E-state index in [1.165, 1.54) is 11.3 Å². The third-order valence-corrected chi connectivity index (χ3v) is 4.42. The van der Waals surface area contributed by atoms with E-state index < -0.39 is 0 Å². The molecule has 3 aromatic rings. The molecule has 7 heteroatoms. The Labute approximate surface area is 139 Å². The summed E-state index contributed by atoms with van der Waals surface area (Å²) in [5.41, 5.74) is 1.71. The fourth-order valence-electron chi connectivity index (χ4n) is 2.29. The fraction of sp³-hybridized carbons (Fsp3) is 0.438. The highest BCUT2D eigenvalue weighted by atomic mass is 32.1. The SMILES string of the molecule is CC.COCCn1cnc2c(sc3nccc(N(C)C)c32)c1=O. The lowest BCUT2D eigenvalue weighted by Gasteiger charge is -2.13. The van der Waals surface area contributed by atoms with Crippen molar-refractivity contribution in [2.75, 3.05) is 32.7 Å². The van der Waals surface area contributed by atoms with Crippen LogP contribution in [0.1, 0.15) is 13.8 Å². The molecule has 0 bridgehead atoms. The van der Waals surface area contributed by atoms with Crippen molar-refractivity contribution < 1.29 is 4.74 Å². The molecule has 0 radical (unpaired) electrons. The summed E-state index contributed by atoms with van der Waals surface area (Å²) < 4.78 is 7.24. The average Bonchev–Trinajstić information content (AvgIpc) is 2.95. The predicted octanol–water partition coefficient (Wildman–Crippen LogP) is 2.74. The van der Waals surface area contributed by atoms with Gasteiger partial charge in [0.05, 0.1) is 36.1 Å². The molecule has 0 unspecified atom stereocenters. The predicted molar refractivity (Wildman–Crippen MR) is 96.7 cm³/mol. The Hall–Kier alpha value is -1.99. The number of ether oxygens (including phenoxy) is 1. The molecule has 0 fully saturated rings. The topological polar surface area (TPSA) is 60.2 Å². The van der Waals surface area contributed by atoms with Gasteiger partial charge in [-0.25, -0.2) is 9.97 Å². The smallest absolute Gasteiger partial charge is 0.271 e. The number of anilines is 1. The van der Waals surface area contributed by atoms with Crippen molar-refractivity contribution in [3.05, 3.63) is 28.9 Å². The molecule has 3 heterocycles. The molecule has 3 rings (SSSR count). The van der Waals surface area contributed by atoms with E-state index in [2.05, 4.69) is 9.97 Å². The van der Waals surface area contributed by atoms with Crippen LogP contribution in [-0.4, -0.2) is 42.3 Å². The molecule has 0 aromatic carbocycles. The number of aromatic nitrogens is 3. The summed E-state index contributed by atoms with van der Waals surface area (Å²) >= 11 is 1.39. The lowest BCUT2D eigenvalue weighted by molar-refractivity contribution is 0.186. The zero-order chi connectivity index (χ0) is 17.0. The first kappa shape index (κ1) is 17.4. The van der Waals surface area contributed by atoms with Crippen molar-refractivity contribution in [1.29, 1.82) is 0 Å². The second-order valence-corrected chi connectivity index (χ2v) is 5.92. The number of fused-ring (bicyclic) bond motifs is 3. The number of nitrogens with zero attached hydrogens (tertiary/aromatic N) is 4. The van der Waals surface area contributed by atoms with Crippen LogP contribution in [0.15, 0.2) is 23.4 Å². The molecular formula is C16H22N4O2S. The Balaban J connectivity index is 0.000000924. The molecular weight excluding hydrogens is 312 g/mol. The maximum atomic E-state index is 12.5. The van der Waals surface area contributed by atoms with Crippen molar-refractivity contribution in [2.45, 2.75) is 20.4 Å². The van der Waals surface area contributed by atoms with Crippen LogP contribution in [0, 0.1) is 0 Å². The first-order chi connectivity index (χ1) is 11.1. The van der Waals surface area contributed by atoms with Gasteiger partial charge in [0.1, 0.15) is 9.53 Å². The van der Waals surface area contributed by atoms with Gasteiger partial charge in [-0.3, -0.25) is 9.36 Å². The van der Waals surface area contributed by atoms with Crippen molar-refractivity contribution in [3.8, 4) is 0 Å². The van der Waals surface area contributed by atoms with Gasteiger partial charge >= 0.3 is 0 Å². The molecule has 3 aromatic heterocycles. The third kappa shape index (κ3) is 3.20. The van der Waals surface area contributed by atoms with Crippen molar-refractivity contribution >= 4 is 37.5 Å². The number of hydrogen-bond donors (Lipinski definition) is 0. The highest BCUT2D eigenvalue weighted by molar-refractivity contribution is 7.25. The lowest BCUT2D eigenvalue weighted by atomic mass is 10.2. The Kier molecular flexibility index (Phi) is 5.68. The molecule has 0 saturated carbocycles. The first-order valence-electron chi connectivity index (χ1n) is 7.56. The van der Waals surface area contributed by atoms with Crippen LogP contribution in [0.2, 0.25) is 0 Å². The van der Waals surface area contributed by atoms with E-state index in [4.69, 9.17) is 4.74 Å². The molecule has 0 amide bonds. The minimum Gasteiger partial charge on any atom is -0.383 e. The van der Waals surface area contributed by atoms with Gasteiger partial charge < -0.3 is 9.64 Å². The summed E-state index contributed by atoms with van der Waals surface area (Å²) in [6.45, 7) is 4.99. The standard InChI is InChI=1S/C14H16N4O2S.C2H6/c1-17(2)9-4-5-15-13-10(9)11-12(21-13)14(19)18(8-16-11)6-7-20-3;1-2/h4-5,8H,6-7H2,1-3H3;1-2H3. The summed E-state index contributed by atoms with van der Waals surface area (Å²) in [5, 5.41) is 0.943. The Bertz CT molecular complexity index is 854. The van der Waals surface area contributed by atoms with Crippen molar-refractivity contribution in [3.63, 3.8) is 0 Å². The van der Waals surface area contributed by atoms with Crippen LogP contribution in [0.3, 0.4) is 0 Å². The average molecular weight is 334 g/mol. The Morgan fingerprint density at radius 3 is 2.70 bits per heavy atom. The van der Waals surface area contributed by atoms with E-state index in [0.717, 1.165) is 21.4 Å². The van der Waals surface area contributed by atoms with Crippen LogP contribution < -0.4 is 10.5 Å². The van der Waals surface area contributed by atoms with Crippen LogP contribution >= 0.6 is 11.3 Å². The van der Waals surface area contributed by atoms with Gasteiger partial charge in [-0.2, -0.15) is 0 Å². The van der Waals surface area contributed by atoms with Gasteiger partial charge in [-0.05, 0) is 6.07 Å². The zero-order valence-electron chi connectivity index (χ0n) is 14.2. The third-order valence-electron chi connectivity index (χ3n) is 3.34.